The molecular formula is C12H15N5. The number of nitrogens with zero attached hydrogens (tertiary/aromatic N) is 4. The molecule has 0 aromatic carbocycles. The van der Waals surface area contributed by atoms with Crippen molar-refractivity contribution in [2.45, 2.75) is 32.0 Å². The first-order chi connectivity index (χ1) is 8.42. The van der Waals surface area contributed by atoms with E-state index in [1.54, 1.807) is 12.5 Å². The van der Waals surface area contributed by atoms with Gasteiger partial charge in [0.2, 0.25) is 0 Å². The van der Waals surface area contributed by atoms with Crippen LogP contribution in [0.5, 0.6) is 0 Å². The summed E-state index contributed by atoms with van der Waals surface area (Å²) in [6.45, 7) is 1.64. The third-order valence-electron chi connectivity index (χ3n) is 2.92. The van der Waals surface area contributed by atoms with E-state index in [1.807, 2.05) is 18.6 Å². The van der Waals surface area contributed by atoms with Gasteiger partial charge < -0.3 is 9.88 Å². The molecule has 0 spiro atoms. The van der Waals surface area contributed by atoms with Gasteiger partial charge in [-0.1, -0.05) is 0 Å². The van der Waals surface area contributed by atoms with Gasteiger partial charge in [-0.05, 0) is 18.9 Å². The van der Waals surface area contributed by atoms with Crippen molar-refractivity contribution in [1.82, 2.24) is 24.8 Å². The molecule has 17 heavy (non-hydrogen) atoms. The highest BCUT2D eigenvalue weighted by molar-refractivity contribution is 5.05. The molecule has 0 unspecified atom stereocenters. The third kappa shape index (κ3) is 2.68. The molecule has 1 aliphatic carbocycles. The largest absolute Gasteiger partial charge is 0.327 e. The van der Waals surface area contributed by atoms with Crippen molar-refractivity contribution in [2.75, 3.05) is 0 Å². The highest BCUT2D eigenvalue weighted by atomic mass is 15.1. The molecule has 1 aliphatic rings. The first-order valence-corrected chi connectivity index (χ1v) is 5.89. The van der Waals surface area contributed by atoms with Crippen LogP contribution in [0.25, 0.3) is 0 Å². The second kappa shape index (κ2) is 4.63. The second-order valence-electron chi connectivity index (χ2n) is 4.37. The van der Waals surface area contributed by atoms with Crippen molar-refractivity contribution in [2.24, 2.45) is 0 Å². The maximum absolute atomic E-state index is 4.22. The van der Waals surface area contributed by atoms with Gasteiger partial charge in [-0.2, -0.15) is 0 Å². The first-order valence-electron chi connectivity index (χ1n) is 5.89. The van der Waals surface area contributed by atoms with Crippen LogP contribution in [-0.4, -0.2) is 25.6 Å². The minimum atomic E-state index is 0.720. The molecule has 0 bridgehead atoms. The predicted molar refractivity (Wildman–Crippen MR) is 63.2 cm³/mol. The van der Waals surface area contributed by atoms with Crippen LogP contribution in [-0.2, 0) is 13.1 Å². The van der Waals surface area contributed by atoms with Crippen molar-refractivity contribution in [3.8, 4) is 0 Å². The predicted octanol–water partition coefficient (Wildman–Crippen LogP) is 0.973. The lowest BCUT2D eigenvalue weighted by Gasteiger charge is -2.08. The van der Waals surface area contributed by atoms with Crippen LogP contribution in [0.4, 0.5) is 0 Å². The minimum Gasteiger partial charge on any atom is -0.327 e. The van der Waals surface area contributed by atoms with Crippen LogP contribution in [0, 0.1) is 0 Å². The minimum absolute atomic E-state index is 0.720. The fourth-order valence-electron chi connectivity index (χ4n) is 1.76. The molecule has 0 amide bonds. The quantitative estimate of drug-likeness (QED) is 0.830. The Hall–Kier alpha value is -1.75. The summed E-state index contributed by atoms with van der Waals surface area (Å²) >= 11 is 0. The van der Waals surface area contributed by atoms with E-state index in [2.05, 4.69) is 24.8 Å². The van der Waals surface area contributed by atoms with Crippen molar-refractivity contribution >= 4 is 0 Å². The second-order valence-corrected chi connectivity index (χ2v) is 4.37. The summed E-state index contributed by atoms with van der Waals surface area (Å²) in [4.78, 5) is 12.3. The Morgan fingerprint density at radius 3 is 3.06 bits per heavy atom. The molecule has 0 saturated heterocycles. The molecular weight excluding hydrogens is 214 g/mol. The van der Waals surface area contributed by atoms with Crippen LogP contribution in [0.2, 0.25) is 0 Å². The lowest BCUT2D eigenvalue weighted by atomic mass is 10.3. The zero-order chi connectivity index (χ0) is 11.5. The van der Waals surface area contributed by atoms with E-state index in [4.69, 9.17) is 0 Å². The molecule has 0 atom stereocenters. The van der Waals surface area contributed by atoms with E-state index in [0.29, 0.717) is 0 Å². The monoisotopic (exact) mass is 229 g/mol. The molecule has 1 fully saturated rings. The molecule has 1 N–H and O–H groups in total. The number of hydrogen-bond acceptors (Lipinski definition) is 4. The number of rotatable bonds is 5. The average molecular weight is 229 g/mol. The van der Waals surface area contributed by atoms with Crippen molar-refractivity contribution < 1.29 is 0 Å². The zero-order valence-electron chi connectivity index (χ0n) is 9.58. The molecule has 2 aromatic heterocycles. The van der Waals surface area contributed by atoms with E-state index in [0.717, 1.165) is 24.8 Å². The first kappa shape index (κ1) is 10.4. The highest BCUT2D eigenvalue weighted by Crippen LogP contribution is 2.19. The number of aromatic nitrogens is 4. The van der Waals surface area contributed by atoms with Gasteiger partial charge in [-0.25, -0.2) is 15.0 Å². The fraction of sp³-hybridized carbons (Fsp3) is 0.417. The highest BCUT2D eigenvalue weighted by Gasteiger charge is 2.20. The fourth-order valence-corrected chi connectivity index (χ4v) is 1.76. The summed E-state index contributed by atoms with van der Waals surface area (Å²) in [5.41, 5.74) is 2.21. The van der Waals surface area contributed by atoms with Crippen molar-refractivity contribution in [3.05, 3.63) is 42.5 Å². The van der Waals surface area contributed by atoms with Gasteiger partial charge in [-0.3, -0.25) is 0 Å². The molecule has 5 nitrogen and oxygen atoms in total. The lowest BCUT2D eigenvalue weighted by Crippen LogP contribution is -2.18. The Kier molecular flexibility index (Phi) is 2.83. The molecule has 2 aromatic rings. The van der Waals surface area contributed by atoms with E-state index in [-0.39, 0.29) is 0 Å². The number of hydrogen-bond donors (Lipinski definition) is 1. The van der Waals surface area contributed by atoms with Crippen LogP contribution in [0.3, 0.4) is 0 Å². The van der Waals surface area contributed by atoms with Gasteiger partial charge in [0.1, 0.15) is 6.33 Å². The smallest absolute Gasteiger partial charge is 0.115 e. The van der Waals surface area contributed by atoms with Gasteiger partial charge in [0.05, 0.1) is 24.3 Å². The number of imidazole rings is 1. The van der Waals surface area contributed by atoms with E-state index in [9.17, 15) is 0 Å². The summed E-state index contributed by atoms with van der Waals surface area (Å²) in [6, 6.07) is 2.65. The molecule has 5 heteroatoms. The van der Waals surface area contributed by atoms with Crippen molar-refractivity contribution in [1.29, 1.82) is 0 Å². The molecule has 1 saturated carbocycles. The lowest BCUT2D eigenvalue weighted by molar-refractivity contribution is 0.630. The third-order valence-corrected chi connectivity index (χ3v) is 2.92. The summed E-state index contributed by atoms with van der Waals surface area (Å²) in [5.74, 6) is 0. The number of nitrogens with one attached hydrogen (secondary N) is 1. The Balaban J connectivity index is 1.67. The summed E-state index contributed by atoms with van der Waals surface area (Å²) < 4.78 is 2.12. The van der Waals surface area contributed by atoms with Gasteiger partial charge >= 0.3 is 0 Å². The molecule has 0 radical (unpaired) electrons. The van der Waals surface area contributed by atoms with Gasteiger partial charge in [0.25, 0.3) is 0 Å². The molecule has 3 rings (SSSR count). The van der Waals surface area contributed by atoms with Gasteiger partial charge in [0, 0.05) is 25.0 Å². The summed E-state index contributed by atoms with van der Waals surface area (Å²) in [7, 11) is 0. The van der Waals surface area contributed by atoms with Gasteiger partial charge in [-0.15, -0.1) is 0 Å². The van der Waals surface area contributed by atoms with Crippen LogP contribution < -0.4 is 5.32 Å². The topological polar surface area (TPSA) is 55.6 Å². The Bertz CT molecular complexity index is 475. The van der Waals surface area contributed by atoms with E-state index < -0.39 is 0 Å². The summed E-state index contributed by atoms with van der Waals surface area (Å²) in [6.07, 6.45) is 9.72. The zero-order valence-corrected chi connectivity index (χ0v) is 9.58. The maximum atomic E-state index is 4.22. The Labute approximate surface area is 99.9 Å². The Morgan fingerprint density at radius 2 is 2.29 bits per heavy atom. The molecule has 88 valence electrons. The van der Waals surface area contributed by atoms with E-state index >= 15 is 0 Å². The summed E-state index contributed by atoms with van der Waals surface area (Å²) in [5, 5.41) is 3.49. The standard InChI is InChI=1S/C12H15N5/c1-2-10(1)15-6-12-5-14-9-17(12)7-11-3-4-13-8-16-11/h3-5,8-10,15H,1-2,6-7H2. The van der Waals surface area contributed by atoms with Gasteiger partial charge in [0.15, 0.2) is 0 Å². The maximum Gasteiger partial charge on any atom is 0.115 e. The van der Waals surface area contributed by atoms with Crippen LogP contribution >= 0.6 is 0 Å². The normalized spacial score (nSPS) is 15.1. The molecule has 0 aliphatic heterocycles. The van der Waals surface area contributed by atoms with Crippen LogP contribution in [0.1, 0.15) is 24.2 Å². The van der Waals surface area contributed by atoms with Crippen molar-refractivity contribution in [3.63, 3.8) is 0 Å². The van der Waals surface area contributed by atoms with Crippen LogP contribution in [0.15, 0.2) is 31.1 Å². The molecule has 2 heterocycles. The van der Waals surface area contributed by atoms with E-state index in [1.165, 1.54) is 18.5 Å². The average Bonchev–Trinajstić information content (AvgIpc) is 3.09. The Morgan fingerprint density at radius 1 is 1.35 bits per heavy atom. The SMILES string of the molecule is c1cc(Cn2cncc2CNC2CC2)ncn1.